The van der Waals surface area contributed by atoms with Crippen LogP contribution in [-0.2, 0) is 16.0 Å². The molecule has 0 spiro atoms. The molecule has 0 saturated carbocycles. The highest BCUT2D eigenvalue weighted by molar-refractivity contribution is 6.25. The van der Waals surface area contributed by atoms with Crippen molar-refractivity contribution in [1.82, 2.24) is 0 Å². The van der Waals surface area contributed by atoms with Gasteiger partial charge in [-0.2, -0.15) is 0 Å². The van der Waals surface area contributed by atoms with Crippen molar-refractivity contribution in [2.75, 3.05) is 0 Å². The molecular weight excluding hydrogens is 508 g/mol. The predicted molar refractivity (Wildman–Crippen MR) is 151 cm³/mol. The van der Waals surface area contributed by atoms with Crippen LogP contribution in [0.5, 0.6) is 5.75 Å². The Morgan fingerprint density at radius 1 is 1.10 bits per heavy atom. The number of benzene rings is 1. The number of carbonyl (C=O) groups is 3. The van der Waals surface area contributed by atoms with E-state index in [2.05, 4.69) is 19.1 Å². The van der Waals surface area contributed by atoms with Crippen molar-refractivity contribution in [1.29, 1.82) is 0 Å². The van der Waals surface area contributed by atoms with Gasteiger partial charge in [0.1, 0.15) is 22.8 Å². The van der Waals surface area contributed by atoms with Crippen LogP contribution in [0, 0.1) is 22.7 Å². The van der Waals surface area contributed by atoms with Gasteiger partial charge in [-0.15, -0.1) is 0 Å². The third-order valence-electron chi connectivity index (χ3n) is 9.75. The predicted octanol–water partition coefficient (Wildman–Crippen LogP) is 5.86. The molecule has 1 aromatic rings. The number of carbonyl (C=O) groups excluding carboxylic acids is 3. The second-order valence-corrected chi connectivity index (χ2v) is 12.9. The molecule has 1 aromatic carbocycles. The van der Waals surface area contributed by atoms with Crippen molar-refractivity contribution >= 4 is 22.9 Å². The van der Waals surface area contributed by atoms with Crippen molar-refractivity contribution in [3.05, 3.63) is 69.2 Å². The Balaban J connectivity index is 1.74. The Hall–Kier alpha value is -3.45. The Bertz CT molecular complexity index is 1500. The number of fused-ring (bicyclic) bond motifs is 3. The number of phenols is 1. The zero-order valence-electron chi connectivity index (χ0n) is 24.0. The fourth-order valence-electron chi connectivity index (χ4n) is 8.29. The molecule has 0 radical (unpaired) electrons. The molecule has 7 nitrogen and oxygen atoms in total. The van der Waals surface area contributed by atoms with E-state index in [4.69, 9.17) is 0 Å². The van der Waals surface area contributed by atoms with Gasteiger partial charge in [-0.1, -0.05) is 64.8 Å². The fraction of sp³-hybridized carbons (Fsp3) is 0.485. The standard InChI is InChI=1S/C33H38O7/c1-7-8-18-9-10-19(13-18)20-11-12-22(35)24-21(20)14-31(5)15-32(6)25(16(2)3)27(36)23(17(4)34)29(38)33(32,40)30(39)26(31)28(24)37/h9-12,16,25,35-36,39-40H,7-8,13-15H2,1-6H3/t25?,31-,32-,33+/m1/s1. The van der Waals surface area contributed by atoms with Gasteiger partial charge in [0.05, 0.1) is 5.56 Å². The Kier molecular flexibility index (Phi) is 6.34. The third-order valence-corrected chi connectivity index (χ3v) is 9.75. The van der Waals surface area contributed by atoms with Gasteiger partial charge in [-0.3, -0.25) is 14.4 Å². The van der Waals surface area contributed by atoms with Gasteiger partial charge in [0, 0.05) is 22.3 Å². The molecule has 212 valence electrons. The van der Waals surface area contributed by atoms with Crippen molar-refractivity contribution < 1.29 is 34.8 Å². The molecule has 4 atom stereocenters. The Morgan fingerprint density at radius 2 is 1.77 bits per heavy atom. The number of Topliss-reactive ketones (excluding diaryl/α,β-unsaturated/α-hetero) is 3. The van der Waals surface area contributed by atoms with Crippen LogP contribution < -0.4 is 0 Å². The molecule has 0 aromatic heterocycles. The molecule has 0 fully saturated rings. The highest BCUT2D eigenvalue weighted by Crippen LogP contribution is 2.65. The molecule has 1 unspecified atom stereocenters. The quantitative estimate of drug-likeness (QED) is 0.340. The van der Waals surface area contributed by atoms with E-state index in [-0.39, 0.29) is 41.4 Å². The van der Waals surface area contributed by atoms with Crippen molar-refractivity contribution in [2.24, 2.45) is 22.7 Å². The lowest BCUT2D eigenvalue weighted by Gasteiger charge is -2.59. The number of aliphatic hydroxyl groups is 3. The van der Waals surface area contributed by atoms with Gasteiger partial charge in [-0.25, -0.2) is 0 Å². The summed E-state index contributed by atoms with van der Waals surface area (Å²) in [6, 6.07) is 3.30. The topological polar surface area (TPSA) is 132 Å². The van der Waals surface area contributed by atoms with Crippen LogP contribution in [0.2, 0.25) is 0 Å². The zero-order valence-corrected chi connectivity index (χ0v) is 24.0. The van der Waals surface area contributed by atoms with E-state index in [0.717, 1.165) is 37.3 Å². The number of allylic oxidation sites excluding steroid dienone is 6. The summed E-state index contributed by atoms with van der Waals surface area (Å²) < 4.78 is 0. The van der Waals surface area contributed by atoms with Gasteiger partial charge >= 0.3 is 0 Å². The highest BCUT2D eigenvalue weighted by atomic mass is 16.3. The van der Waals surface area contributed by atoms with Gasteiger partial charge in [0.2, 0.25) is 5.78 Å². The van der Waals surface area contributed by atoms with Gasteiger partial charge in [0.25, 0.3) is 0 Å². The molecule has 40 heavy (non-hydrogen) atoms. The summed E-state index contributed by atoms with van der Waals surface area (Å²) in [5, 5.41) is 46.1. The van der Waals surface area contributed by atoms with Crippen LogP contribution in [-0.4, -0.2) is 43.4 Å². The van der Waals surface area contributed by atoms with E-state index in [0.29, 0.717) is 5.56 Å². The minimum atomic E-state index is -2.60. The maximum atomic E-state index is 14.2. The third kappa shape index (κ3) is 3.49. The Morgan fingerprint density at radius 3 is 2.38 bits per heavy atom. The molecule has 4 aliphatic carbocycles. The number of aromatic hydroxyl groups is 1. The summed E-state index contributed by atoms with van der Waals surface area (Å²) in [6.07, 6.45) is 7.25. The number of phenolic OH excluding ortho intramolecular Hbond substituents is 1. The summed E-state index contributed by atoms with van der Waals surface area (Å²) in [5.41, 5.74) is -1.81. The van der Waals surface area contributed by atoms with Crippen LogP contribution in [0.1, 0.15) is 88.7 Å². The first-order valence-corrected chi connectivity index (χ1v) is 14.1. The number of hydrogen-bond donors (Lipinski definition) is 4. The van der Waals surface area contributed by atoms with Crippen LogP contribution in [0.4, 0.5) is 0 Å². The lowest BCUT2D eigenvalue weighted by Crippen LogP contribution is -2.67. The number of hydrogen-bond acceptors (Lipinski definition) is 7. The molecule has 0 heterocycles. The largest absolute Gasteiger partial charge is 0.511 e. The zero-order chi connectivity index (χ0) is 29.5. The summed E-state index contributed by atoms with van der Waals surface area (Å²) >= 11 is 0. The first-order chi connectivity index (χ1) is 18.6. The normalized spacial score (nSPS) is 31.6. The molecule has 4 N–H and O–H groups in total. The first kappa shape index (κ1) is 28.1. The number of rotatable bonds is 5. The minimum Gasteiger partial charge on any atom is -0.511 e. The maximum Gasteiger partial charge on any atom is 0.209 e. The van der Waals surface area contributed by atoms with Gasteiger partial charge in [0.15, 0.2) is 17.2 Å². The highest BCUT2D eigenvalue weighted by Gasteiger charge is 2.71. The molecule has 0 amide bonds. The first-order valence-electron chi connectivity index (χ1n) is 14.1. The second-order valence-electron chi connectivity index (χ2n) is 12.9. The molecule has 0 aliphatic heterocycles. The lowest BCUT2D eigenvalue weighted by molar-refractivity contribution is -0.171. The molecule has 0 saturated heterocycles. The van der Waals surface area contributed by atoms with Crippen LogP contribution in [0.3, 0.4) is 0 Å². The summed E-state index contributed by atoms with van der Waals surface area (Å²) in [5.74, 6) is -5.03. The molecule has 5 rings (SSSR count). The van der Waals surface area contributed by atoms with E-state index in [1.807, 2.05) is 26.8 Å². The molecule has 0 bridgehead atoms. The van der Waals surface area contributed by atoms with Crippen LogP contribution in [0.15, 0.2) is 52.5 Å². The number of ketones is 3. The SMILES string of the molecule is CCCC1=CC=C(c2ccc(O)c3c2C[C@]2(C)C[C@]4(C)C(C(C)C)C(O)=C(C(C)=O)C(=O)[C@]4(O)C(O)=C2C3=O)C1. The van der Waals surface area contributed by atoms with E-state index in [1.165, 1.54) is 11.6 Å². The van der Waals surface area contributed by atoms with E-state index in [9.17, 15) is 34.8 Å². The summed E-state index contributed by atoms with van der Waals surface area (Å²) in [6.45, 7) is 10.4. The molecular formula is C33H38O7. The smallest absolute Gasteiger partial charge is 0.209 e. The lowest BCUT2D eigenvalue weighted by atomic mass is 9.44. The van der Waals surface area contributed by atoms with Crippen molar-refractivity contribution in [2.45, 2.75) is 79.2 Å². The van der Waals surface area contributed by atoms with Crippen LogP contribution >= 0.6 is 0 Å². The summed E-state index contributed by atoms with van der Waals surface area (Å²) in [7, 11) is 0. The van der Waals surface area contributed by atoms with E-state index >= 15 is 0 Å². The van der Waals surface area contributed by atoms with Crippen molar-refractivity contribution in [3.63, 3.8) is 0 Å². The monoisotopic (exact) mass is 546 g/mol. The fourth-order valence-corrected chi connectivity index (χ4v) is 8.29. The molecule has 4 aliphatic rings. The minimum absolute atomic E-state index is 0.0578. The average molecular weight is 547 g/mol. The van der Waals surface area contributed by atoms with Crippen molar-refractivity contribution in [3.8, 4) is 5.75 Å². The van der Waals surface area contributed by atoms with Gasteiger partial charge < -0.3 is 20.4 Å². The maximum absolute atomic E-state index is 14.2. The summed E-state index contributed by atoms with van der Waals surface area (Å²) in [4.78, 5) is 40.5. The van der Waals surface area contributed by atoms with Gasteiger partial charge in [-0.05, 0) is 61.3 Å². The van der Waals surface area contributed by atoms with E-state index in [1.54, 1.807) is 6.92 Å². The second kappa shape index (κ2) is 9.03. The number of aliphatic hydroxyl groups excluding tert-OH is 2. The average Bonchev–Trinajstić information content (AvgIpc) is 3.29. The van der Waals surface area contributed by atoms with Crippen LogP contribution in [0.25, 0.3) is 5.57 Å². The molecule has 7 heteroatoms. The van der Waals surface area contributed by atoms with E-state index < -0.39 is 51.0 Å². The Labute approximate surface area is 234 Å².